The Kier molecular flexibility index (Phi) is 7.67. The molecule has 1 unspecified atom stereocenters. The van der Waals surface area contributed by atoms with E-state index in [1.807, 2.05) is 0 Å². The van der Waals surface area contributed by atoms with Gasteiger partial charge in [0, 0.05) is 49.8 Å². The molecule has 3 aliphatic carbocycles. The molecule has 0 bridgehead atoms. The summed E-state index contributed by atoms with van der Waals surface area (Å²) in [6.45, 7) is 9.49. The quantitative estimate of drug-likeness (QED) is 0.171. The van der Waals surface area contributed by atoms with E-state index in [4.69, 9.17) is 0 Å². The lowest BCUT2D eigenvalue weighted by atomic mass is 9.76. The predicted molar refractivity (Wildman–Crippen MR) is 278 cm³/mol. The first-order valence-corrected chi connectivity index (χ1v) is 23.6. The number of aromatic nitrogens is 1. The fourth-order valence-electron chi connectivity index (χ4n) is 12.8. The van der Waals surface area contributed by atoms with Crippen molar-refractivity contribution in [2.24, 2.45) is 0 Å². The zero-order valence-corrected chi connectivity index (χ0v) is 37.7. The van der Waals surface area contributed by atoms with Gasteiger partial charge in [0.25, 0.3) is 0 Å². The average Bonchev–Trinajstić information content (AvgIpc) is 3.89. The lowest BCUT2D eigenvalue weighted by Crippen LogP contribution is -2.18. The van der Waals surface area contributed by atoms with Crippen molar-refractivity contribution in [3.8, 4) is 39.1 Å². The van der Waals surface area contributed by atoms with E-state index in [1.165, 1.54) is 122 Å². The molecule has 2 heterocycles. The number of hydrogen-bond donors (Lipinski definition) is 0. The van der Waals surface area contributed by atoms with Crippen molar-refractivity contribution in [2.45, 2.75) is 50.9 Å². The van der Waals surface area contributed by atoms with Crippen LogP contribution in [0, 0.1) is 0 Å². The van der Waals surface area contributed by atoms with Crippen LogP contribution in [-0.4, -0.2) is 4.57 Å². The summed E-state index contributed by atoms with van der Waals surface area (Å²) in [5, 5.41) is 5.06. The second-order valence-corrected chi connectivity index (χ2v) is 20.1. The Morgan fingerprint density at radius 3 is 2.03 bits per heavy atom. The molecule has 66 heavy (non-hydrogen) atoms. The summed E-state index contributed by atoms with van der Waals surface area (Å²) in [7, 11) is 0. The van der Waals surface area contributed by atoms with Crippen molar-refractivity contribution < 1.29 is 0 Å². The van der Waals surface area contributed by atoms with Gasteiger partial charge in [0.05, 0.1) is 22.4 Å². The van der Waals surface area contributed by atoms with Gasteiger partial charge in [-0.05, 0) is 128 Å². The predicted octanol–water partition coefficient (Wildman–Crippen LogP) is 17.1. The molecule has 2 heteroatoms. The highest BCUT2D eigenvalue weighted by Gasteiger charge is 2.42. The van der Waals surface area contributed by atoms with Gasteiger partial charge in [0.15, 0.2) is 0 Å². The fourth-order valence-corrected chi connectivity index (χ4v) is 12.8. The molecule has 2 nitrogen and oxygen atoms in total. The molecule has 9 aromatic carbocycles. The number of para-hydroxylation sites is 1. The van der Waals surface area contributed by atoms with E-state index in [9.17, 15) is 0 Å². The molecule has 0 fully saturated rings. The summed E-state index contributed by atoms with van der Waals surface area (Å²) in [6.07, 6.45) is 5.83. The zero-order valence-electron chi connectivity index (χ0n) is 37.7. The third-order valence-corrected chi connectivity index (χ3v) is 15.9. The van der Waals surface area contributed by atoms with E-state index >= 15 is 0 Å². The first kappa shape index (κ1) is 37.7. The second kappa shape index (κ2) is 13.4. The molecular weight excluding hydrogens is 797 g/mol. The van der Waals surface area contributed by atoms with Crippen LogP contribution in [0.3, 0.4) is 0 Å². The van der Waals surface area contributed by atoms with Gasteiger partial charge in [-0.15, -0.1) is 0 Å². The molecule has 314 valence electrons. The Balaban J connectivity index is 0.941. The van der Waals surface area contributed by atoms with E-state index in [0.717, 1.165) is 12.1 Å². The number of anilines is 3. The molecule has 0 saturated heterocycles. The van der Waals surface area contributed by atoms with Crippen LogP contribution in [0.1, 0.15) is 67.9 Å². The molecule has 0 N–H and O–H groups in total. The highest BCUT2D eigenvalue weighted by atomic mass is 15.2. The number of fused-ring (bicyclic) bond motifs is 11. The Morgan fingerprint density at radius 1 is 0.439 bits per heavy atom. The van der Waals surface area contributed by atoms with Gasteiger partial charge in [-0.2, -0.15) is 0 Å². The number of hydrogen-bond acceptors (Lipinski definition) is 1. The van der Waals surface area contributed by atoms with Crippen molar-refractivity contribution in [3.05, 3.63) is 234 Å². The summed E-state index contributed by atoms with van der Waals surface area (Å²) >= 11 is 0. The summed E-state index contributed by atoms with van der Waals surface area (Å²) in [5.41, 5.74) is 24.8. The molecule has 1 aliphatic heterocycles. The maximum Gasteiger partial charge on any atom is 0.0562 e. The third kappa shape index (κ3) is 5.13. The number of benzene rings is 9. The van der Waals surface area contributed by atoms with E-state index in [0.29, 0.717) is 5.92 Å². The summed E-state index contributed by atoms with van der Waals surface area (Å²) in [6, 6.07) is 71.1. The fraction of sp³-hybridized carbons (Fsp3) is 0.125. The van der Waals surface area contributed by atoms with Gasteiger partial charge >= 0.3 is 0 Å². The van der Waals surface area contributed by atoms with Crippen LogP contribution < -0.4 is 4.90 Å². The van der Waals surface area contributed by atoms with Crippen LogP contribution in [0.15, 0.2) is 206 Å². The largest absolute Gasteiger partial charge is 0.309 e. The Morgan fingerprint density at radius 2 is 1.14 bits per heavy atom. The molecule has 0 saturated carbocycles. The summed E-state index contributed by atoms with van der Waals surface area (Å²) in [4.78, 5) is 2.54. The van der Waals surface area contributed by atoms with Crippen molar-refractivity contribution in [1.82, 2.24) is 4.57 Å². The normalized spacial score (nSPS) is 17.0. The maximum atomic E-state index is 2.54. The van der Waals surface area contributed by atoms with Crippen LogP contribution >= 0.6 is 0 Å². The SMILES string of the molecule is CC1(C)C2=CC=C(c3cccc(N4c5cc6c(cc5-c5cccc7cccc4c57)c4ccccc4n6-c4cccc(-c5ccc6c(c5)-c5ccccc5C6(C)C)c4)c3)CC2c2ccccc21. The zero-order chi connectivity index (χ0) is 44.1. The van der Waals surface area contributed by atoms with Gasteiger partial charge < -0.3 is 9.47 Å². The van der Waals surface area contributed by atoms with E-state index in [2.05, 4.69) is 237 Å². The highest BCUT2D eigenvalue weighted by molar-refractivity contribution is 6.19. The molecule has 0 radical (unpaired) electrons. The minimum Gasteiger partial charge on any atom is -0.309 e. The third-order valence-electron chi connectivity index (χ3n) is 15.9. The number of allylic oxidation sites excluding steroid dienone is 4. The van der Waals surface area contributed by atoms with Crippen molar-refractivity contribution >= 4 is 55.2 Å². The minimum absolute atomic E-state index is 0.0237. The minimum atomic E-state index is -0.0237. The lowest BCUT2D eigenvalue weighted by Gasteiger charge is -2.34. The maximum absolute atomic E-state index is 2.54. The van der Waals surface area contributed by atoms with Gasteiger partial charge in [0.1, 0.15) is 0 Å². The summed E-state index contributed by atoms with van der Waals surface area (Å²) in [5.74, 6) is 0.400. The van der Waals surface area contributed by atoms with Crippen LogP contribution in [0.4, 0.5) is 17.1 Å². The van der Waals surface area contributed by atoms with Gasteiger partial charge in [-0.25, -0.2) is 0 Å². The first-order chi connectivity index (χ1) is 32.2. The topological polar surface area (TPSA) is 8.17 Å². The Labute approximate surface area is 386 Å². The standard InChI is InChI=1S/C64H48N2/c1-63(2)54-25-8-5-21-46(54)50-35-42(29-31-56(50)63)40-17-11-19-44(33-40)65-58-27-10-7-23-48(58)52-37-53-49-24-13-15-39-16-14-28-59(62(39)49)66(61(53)38-60(52)65)45-20-12-18-41(34-45)43-30-32-57-51(36-43)47-22-6-9-26-55(47)64(57,3)4/h5-35,37-38,51H,36H2,1-4H3. The van der Waals surface area contributed by atoms with Crippen molar-refractivity contribution in [1.29, 1.82) is 0 Å². The van der Waals surface area contributed by atoms with Gasteiger partial charge in [-0.1, -0.05) is 179 Å². The molecule has 1 aromatic heterocycles. The van der Waals surface area contributed by atoms with Crippen LogP contribution in [-0.2, 0) is 10.8 Å². The molecule has 14 rings (SSSR count). The van der Waals surface area contributed by atoms with E-state index in [1.54, 1.807) is 0 Å². The molecule has 0 spiro atoms. The Hall–Kier alpha value is -7.68. The molecule has 0 amide bonds. The second-order valence-electron chi connectivity index (χ2n) is 20.1. The van der Waals surface area contributed by atoms with Gasteiger partial charge in [-0.3, -0.25) is 0 Å². The van der Waals surface area contributed by atoms with Gasteiger partial charge in [0.2, 0.25) is 0 Å². The van der Waals surface area contributed by atoms with Crippen molar-refractivity contribution in [2.75, 3.05) is 4.90 Å². The number of rotatable bonds is 4. The van der Waals surface area contributed by atoms with E-state index in [-0.39, 0.29) is 10.8 Å². The van der Waals surface area contributed by atoms with Crippen LogP contribution in [0.5, 0.6) is 0 Å². The summed E-state index contributed by atoms with van der Waals surface area (Å²) < 4.78 is 2.49. The smallest absolute Gasteiger partial charge is 0.0562 e. The monoisotopic (exact) mass is 844 g/mol. The molecule has 4 aliphatic rings. The Bertz CT molecular complexity index is 3810. The highest BCUT2D eigenvalue weighted by Crippen LogP contribution is 2.57. The van der Waals surface area contributed by atoms with Crippen molar-refractivity contribution in [3.63, 3.8) is 0 Å². The average molecular weight is 845 g/mol. The lowest BCUT2D eigenvalue weighted by molar-refractivity contribution is 0.615. The van der Waals surface area contributed by atoms with E-state index < -0.39 is 0 Å². The first-order valence-electron chi connectivity index (χ1n) is 23.6. The molecular formula is C64H48N2. The van der Waals surface area contributed by atoms with Crippen LogP contribution in [0.2, 0.25) is 0 Å². The number of nitrogens with zero attached hydrogens (tertiary/aromatic N) is 2. The van der Waals surface area contributed by atoms with Crippen LogP contribution in [0.25, 0.3) is 77.2 Å². The molecule has 1 atom stereocenters. The molecule has 10 aromatic rings.